The summed E-state index contributed by atoms with van der Waals surface area (Å²) in [6, 6.07) is 17.5. The number of piperazine rings is 1. The van der Waals surface area contributed by atoms with Crippen molar-refractivity contribution in [2.45, 2.75) is 45.6 Å². The van der Waals surface area contributed by atoms with Gasteiger partial charge in [-0.3, -0.25) is 14.6 Å². The Morgan fingerprint density at radius 2 is 1.69 bits per heavy atom. The second-order valence-electron chi connectivity index (χ2n) is 9.78. The number of nitrogens with one attached hydrogen (secondary N) is 2. The van der Waals surface area contributed by atoms with Gasteiger partial charge in [-0.25, -0.2) is 0 Å². The molecule has 8 nitrogen and oxygen atoms in total. The van der Waals surface area contributed by atoms with Crippen molar-refractivity contribution >= 4 is 28.9 Å². The molecule has 8 heteroatoms. The van der Waals surface area contributed by atoms with Crippen molar-refractivity contribution in [2.75, 3.05) is 48.4 Å². The molecule has 1 aliphatic heterocycles. The van der Waals surface area contributed by atoms with Crippen LogP contribution in [0, 0.1) is 0 Å². The molecule has 0 saturated carbocycles. The molecule has 1 aliphatic rings. The van der Waals surface area contributed by atoms with Gasteiger partial charge in [0.25, 0.3) is 5.91 Å². The van der Waals surface area contributed by atoms with Crippen molar-refractivity contribution in [2.24, 2.45) is 0 Å². The SMILES string of the molecule is CCCCCCC(=O)Nc1ccc(N2CCN(c3ccccc3OC)CC2)c(C(=O)NCc2cccnc2)c1. The van der Waals surface area contributed by atoms with E-state index in [1.165, 1.54) is 0 Å². The van der Waals surface area contributed by atoms with Crippen LogP contribution < -0.4 is 25.2 Å². The van der Waals surface area contributed by atoms with Crippen molar-refractivity contribution in [3.63, 3.8) is 0 Å². The molecule has 1 fully saturated rings. The van der Waals surface area contributed by atoms with Gasteiger partial charge in [-0.1, -0.05) is 44.4 Å². The number of hydrogen-bond donors (Lipinski definition) is 2. The van der Waals surface area contributed by atoms with Gasteiger partial charge in [-0.15, -0.1) is 0 Å². The number of ether oxygens (including phenoxy) is 1. The van der Waals surface area contributed by atoms with Crippen LogP contribution in [0.5, 0.6) is 5.75 Å². The normalized spacial score (nSPS) is 13.2. The minimum Gasteiger partial charge on any atom is -0.495 e. The molecule has 0 aliphatic carbocycles. The Morgan fingerprint density at radius 3 is 2.41 bits per heavy atom. The molecular weight excluding hydrogens is 490 g/mol. The van der Waals surface area contributed by atoms with E-state index >= 15 is 0 Å². The summed E-state index contributed by atoms with van der Waals surface area (Å²) < 4.78 is 5.56. The molecule has 0 bridgehead atoms. The van der Waals surface area contributed by atoms with Crippen molar-refractivity contribution in [1.82, 2.24) is 10.3 Å². The maximum atomic E-state index is 13.4. The van der Waals surface area contributed by atoms with E-state index in [-0.39, 0.29) is 11.8 Å². The number of anilines is 3. The lowest BCUT2D eigenvalue weighted by molar-refractivity contribution is -0.116. The maximum absolute atomic E-state index is 13.4. The first kappa shape index (κ1) is 28.0. The Labute approximate surface area is 231 Å². The molecule has 2 heterocycles. The highest BCUT2D eigenvalue weighted by atomic mass is 16.5. The standard InChI is InChI=1S/C31H39N5O3/c1-3-4-5-6-13-30(37)34-25-14-15-27(26(21-25)31(38)33-23-24-10-9-16-32-22-24)35-17-19-36(20-18-35)28-11-7-8-12-29(28)39-2/h7-12,14-16,21-22H,3-6,13,17-20,23H2,1-2H3,(H,33,38)(H,34,37). The van der Waals surface area contributed by atoms with Gasteiger partial charge in [-0.05, 0) is 48.4 Å². The van der Waals surface area contributed by atoms with Gasteiger partial charge >= 0.3 is 0 Å². The highest BCUT2D eigenvalue weighted by molar-refractivity contribution is 6.02. The molecule has 1 aromatic heterocycles. The van der Waals surface area contributed by atoms with Crippen molar-refractivity contribution in [3.8, 4) is 5.75 Å². The van der Waals surface area contributed by atoms with Crippen LogP contribution in [-0.2, 0) is 11.3 Å². The highest BCUT2D eigenvalue weighted by Gasteiger charge is 2.24. The maximum Gasteiger partial charge on any atom is 0.253 e. The monoisotopic (exact) mass is 529 g/mol. The fraction of sp³-hybridized carbons (Fsp3) is 0.387. The van der Waals surface area contributed by atoms with Gasteiger partial charge < -0.3 is 25.2 Å². The number of nitrogens with zero attached hydrogens (tertiary/aromatic N) is 3. The number of hydrogen-bond acceptors (Lipinski definition) is 6. The van der Waals surface area contributed by atoms with E-state index in [9.17, 15) is 9.59 Å². The Balaban J connectivity index is 1.48. The molecule has 0 atom stereocenters. The van der Waals surface area contributed by atoms with Crippen molar-refractivity contribution in [1.29, 1.82) is 0 Å². The summed E-state index contributed by atoms with van der Waals surface area (Å²) in [7, 11) is 1.69. The van der Waals surface area contributed by atoms with Gasteiger partial charge in [-0.2, -0.15) is 0 Å². The number of benzene rings is 2. The van der Waals surface area contributed by atoms with Crippen molar-refractivity contribution < 1.29 is 14.3 Å². The number of pyridine rings is 1. The van der Waals surface area contributed by atoms with Crippen LogP contribution in [0.1, 0.15) is 54.9 Å². The number of aromatic nitrogens is 1. The quantitative estimate of drug-likeness (QED) is 0.312. The average molecular weight is 530 g/mol. The number of carbonyl (C=O) groups is 2. The van der Waals surface area contributed by atoms with E-state index in [0.717, 1.165) is 74.6 Å². The molecule has 3 aromatic rings. The zero-order valence-corrected chi connectivity index (χ0v) is 23.0. The van der Waals surface area contributed by atoms with Crippen LogP contribution >= 0.6 is 0 Å². The molecule has 0 unspecified atom stereocenters. The molecule has 2 aromatic carbocycles. The van der Waals surface area contributed by atoms with Gasteiger partial charge in [0.1, 0.15) is 5.75 Å². The van der Waals surface area contributed by atoms with E-state index < -0.39 is 0 Å². The topological polar surface area (TPSA) is 86.8 Å². The number of unbranched alkanes of at least 4 members (excludes halogenated alkanes) is 3. The van der Waals surface area contributed by atoms with E-state index in [1.54, 1.807) is 25.6 Å². The lowest BCUT2D eigenvalue weighted by Gasteiger charge is -2.38. The average Bonchev–Trinajstić information content (AvgIpc) is 2.98. The largest absolute Gasteiger partial charge is 0.495 e. The van der Waals surface area contributed by atoms with Crippen LogP contribution in [0.2, 0.25) is 0 Å². The second kappa shape index (κ2) is 14.2. The predicted octanol–water partition coefficient (Wildman–Crippen LogP) is 5.26. The third kappa shape index (κ3) is 7.72. The Hall–Kier alpha value is -4.07. The Morgan fingerprint density at radius 1 is 0.923 bits per heavy atom. The smallest absolute Gasteiger partial charge is 0.253 e. The zero-order chi connectivity index (χ0) is 27.5. The van der Waals surface area contributed by atoms with Crippen LogP contribution in [0.3, 0.4) is 0 Å². The fourth-order valence-electron chi connectivity index (χ4n) is 4.87. The highest BCUT2D eigenvalue weighted by Crippen LogP contribution is 2.31. The van der Waals surface area contributed by atoms with Gasteiger partial charge in [0.05, 0.1) is 18.4 Å². The molecule has 2 amide bonds. The van der Waals surface area contributed by atoms with E-state index in [4.69, 9.17) is 4.74 Å². The van der Waals surface area contributed by atoms with Gasteiger partial charge in [0.2, 0.25) is 5.91 Å². The Kier molecular flexibility index (Phi) is 10.2. The van der Waals surface area contributed by atoms with E-state index in [1.807, 2.05) is 42.5 Å². The molecule has 0 radical (unpaired) electrons. The summed E-state index contributed by atoms with van der Waals surface area (Å²) in [5, 5.41) is 6.02. The van der Waals surface area contributed by atoms with Gasteiger partial charge in [0, 0.05) is 62.9 Å². The Bertz CT molecular complexity index is 1230. The summed E-state index contributed by atoms with van der Waals surface area (Å²) in [6.45, 7) is 5.64. The van der Waals surface area contributed by atoms with Gasteiger partial charge in [0.15, 0.2) is 0 Å². The summed E-state index contributed by atoms with van der Waals surface area (Å²) in [6.07, 6.45) is 8.12. The zero-order valence-electron chi connectivity index (χ0n) is 23.0. The lowest BCUT2D eigenvalue weighted by atomic mass is 10.1. The number of para-hydroxylation sites is 2. The predicted molar refractivity (Wildman–Crippen MR) is 157 cm³/mol. The molecule has 2 N–H and O–H groups in total. The first-order chi connectivity index (χ1) is 19.1. The summed E-state index contributed by atoms with van der Waals surface area (Å²) in [4.78, 5) is 34.6. The van der Waals surface area contributed by atoms with E-state index in [2.05, 4.69) is 38.4 Å². The summed E-state index contributed by atoms with van der Waals surface area (Å²) >= 11 is 0. The summed E-state index contributed by atoms with van der Waals surface area (Å²) in [5.74, 6) is 0.655. The molecule has 1 saturated heterocycles. The molecule has 4 rings (SSSR count). The van der Waals surface area contributed by atoms with Crippen LogP contribution in [-0.4, -0.2) is 50.1 Å². The van der Waals surface area contributed by atoms with Crippen molar-refractivity contribution in [3.05, 3.63) is 78.1 Å². The fourth-order valence-corrected chi connectivity index (χ4v) is 4.87. The molecule has 39 heavy (non-hydrogen) atoms. The van der Waals surface area contributed by atoms with Crippen LogP contribution in [0.4, 0.5) is 17.1 Å². The number of methoxy groups -OCH3 is 1. The van der Waals surface area contributed by atoms with Crippen LogP contribution in [0.15, 0.2) is 67.0 Å². The number of rotatable bonds is 12. The first-order valence-corrected chi connectivity index (χ1v) is 13.8. The lowest BCUT2D eigenvalue weighted by Crippen LogP contribution is -2.47. The second-order valence-corrected chi connectivity index (χ2v) is 9.78. The minimum absolute atomic E-state index is 0.0222. The minimum atomic E-state index is -0.181. The third-order valence-electron chi connectivity index (χ3n) is 7.00. The van der Waals surface area contributed by atoms with E-state index in [0.29, 0.717) is 24.2 Å². The first-order valence-electron chi connectivity index (χ1n) is 13.8. The van der Waals surface area contributed by atoms with Crippen LogP contribution in [0.25, 0.3) is 0 Å². The summed E-state index contributed by atoms with van der Waals surface area (Å²) in [5.41, 5.74) is 4.05. The number of carbonyl (C=O) groups excluding carboxylic acids is 2. The number of amides is 2. The molecular formula is C31H39N5O3. The molecule has 206 valence electrons. The third-order valence-corrected chi connectivity index (χ3v) is 7.00. The molecule has 0 spiro atoms.